The van der Waals surface area contributed by atoms with Crippen molar-refractivity contribution in [1.29, 1.82) is 0 Å². The second kappa shape index (κ2) is 3.29. The maximum atomic E-state index is 11.4. The van der Waals surface area contributed by atoms with Crippen LogP contribution < -0.4 is 0 Å². The van der Waals surface area contributed by atoms with Crippen LogP contribution in [0.4, 0.5) is 0 Å². The normalized spacial score (nSPS) is 24.9. The van der Waals surface area contributed by atoms with Gasteiger partial charge in [0.15, 0.2) is 0 Å². The van der Waals surface area contributed by atoms with Gasteiger partial charge in [-0.05, 0) is 5.57 Å². The zero-order valence-corrected chi connectivity index (χ0v) is 7.64. The van der Waals surface area contributed by atoms with Crippen LogP contribution in [0.15, 0.2) is 23.9 Å². The molecule has 0 bridgehead atoms. The van der Waals surface area contributed by atoms with Crippen LogP contribution in [0.3, 0.4) is 0 Å². The van der Waals surface area contributed by atoms with Gasteiger partial charge < -0.3 is 10.0 Å². The molecule has 1 atom stereocenters. The minimum absolute atomic E-state index is 0.0267. The molecule has 0 fully saturated rings. The standard InChI is InChI=1S/C10H11NO3/c12-9-3-1-2-7-4-11(5-8(7)9)6-10(13)14/h1-2,4,8H,3,5-6H2,(H,13,14). The molecule has 1 N–H and O–H groups in total. The van der Waals surface area contributed by atoms with E-state index in [1.807, 2.05) is 12.2 Å². The Balaban J connectivity index is 2.11. The highest BCUT2D eigenvalue weighted by Crippen LogP contribution is 2.27. The third kappa shape index (κ3) is 1.55. The lowest BCUT2D eigenvalue weighted by Crippen LogP contribution is -2.28. The molecule has 4 heteroatoms. The van der Waals surface area contributed by atoms with E-state index in [1.165, 1.54) is 0 Å². The van der Waals surface area contributed by atoms with Gasteiger partial charge in [-0.3, -0.25) is 9.59 Å². The van der Waals surface area contributed by atoms with Crippen molar-refractivity contribution < 1.29 is 14.7 Å². The van der Waals surface area contributed by atoms with Crippen LogP contribution in [0.2, 0.25) is 0 Å². The number of hydrogen-bond acceptors (Lipinski definition) is 3. The van der Waals surface area contributed by atoms with E-state index in [4.69, 9.17) is 5.11 Å². The number of nitrogens with zero attached hydrogens (tertiary/aromatic N) is 1. The van der Waals surface area contributed by atoms with Crippen LogP contribution in [0.25, 0.3) is 0 Å². The summed E-state index contributed by atoms with van der Waals surface area (Å²) in [5.41, 5.74) is 0.947. The van der Waals surface area contributed by atoms with E-state index in [1.54, 1.807) is 11.1 Å². The Bertz CT molecular complexity index is 343. The average molecular weight is 193 g/mol. The number of carboxylic acids is 1. The van der Waals surface area contributed by atoms with Gasteiger partial charge in [0.25, 0.3) is 0 Å². The third-order valence-corrected chi connectivity index (χ3v) is 2.51. The van der Waals surface area contributed by atoms with E-state index in [0.29, 0.717) is 13.0 Å². The molecule has 14 heavy (non-hydrogen) atoms. The molecule has 74 valence electrons. The van der Waals surface area contributed by atoms with Gasteiger partial charge in [-0.2, -0.15) is 0 Å². The molecule has 1 heterocycles. The van der Waals surface area contributed by atoms with Crippen LogP contribution in [0, 0.1) is 5.92 Å². The van der Waals surface area contributed by atoms with Crippen molar-refractivity contribution >= 4 is 11.8 Å². The summed E-state index contributed by atoms with van der Waals surface area (Å²) < 4.78 is 0. The number of carboxylic acid groups (broad SMARTS) is 1. The highest BCUT2D eigenvalue weighted by molar-refractivity contribution is 5.88. The molecule has 1 unspecified atom stereocenters. The van der Waals surface area contributed by atoms with Crippen molar-refractivity contribution in [2.24, 2.45) is 5.92 Å². The van der Waals surface area contributed by atoms with E-state index in [9.17, 15) is 9.59 Å². The molecule has 4 nitrogen and oxygen atoms in total. The molecule has 1 aliphatic carbocycles. The first-order chi connectivity index (χ1) is 6.66. The summed E-state index contributed by atoms with van der Waals surface area (Å²) >= 11 is 0. The van der Waals surface area contributed by atoms with Crippen LogP contribution in [-0.2, 0) is 9.59 Å². The Hall–Kier alpha value is -1.58. The Kier molecular flexibility index (Phi) is 2.11. The lowest BCUT2D eigenvalue weighted by atomic mass is 9.90. The van der Waals surface area contributed by atoms with E-state index in [0.717, 1.165) is 5.57 Å². The van der Waals surface area contributed by atoms with E-state index < -0.39 is 5.97 Å². The van der Waals surface area contributed by atoms with Crippen molar-refractivity contribution in [3.8, 4) is 0 Å². The second-order valence-electron chi connectivity index (χ2n) is 3.58. The largest absolute Gasteiger partial charge is 0.480 e. The Morgan fingerprint density at radius 2 is 2.43 bits per heavy atom. The molecular formula is C10H11NO3. The molecule has 0 saturated heterocycles. The first-order valence-electron chi connectivity index (χ1n) is 4.53. The lowest BCUT2D eigenvalue weighted by Gasteiger charge is -2.16. The van der Waals surface area contributed by atoms with Gasteiger partial charge in [0.05, 0.1) is 5.92 Å². The molecule has 0 amide bonds. The molecule has 0 saturated carbocycles. The fourth-order valence-electron chi connectivity index (χ4n) is 1.88. The molecule has 0 aromatic carbocycles. The minimum Gasteiger partial charge on any atom is -0.480 e. The van der Waals surface area contributed by atoms with Gasteiger partial charge in [-0.1, -0.05) is 12.2 Å². The van der Waals surface area contributed by atoms with Crippen LogP contribution in [0.1, 0.15) is 6.42 Å². The topological polar surface area (TPSA) is 57.6 Å². The number of allylic oxidation sites excluding steroid dienone is 2. The predicted octanol–water partition coefficient (Wildman–Crippen LogP) is 0.416. The molecule has 2 rings (SSSR count). The quantitative estimate of drug-likeness (QED) is 0.690. The van der Waals surface area contributed by atoms with Gasteiger partial charge in [-0.25, -0.2) is 0 Å². The molecule has 0 spiro atoms. The van der Waals surface area contributed by atoms with Gasteiger partial charge >= 0.3 is 5.97 Å². The number of ketones is 1. The Morgan fingerprint density at radius 3 is 3.07 bits per heavy atom. The highest BCUT2D eigenvalue weighted by Gasteiger charge is 2.30. The first kappa shape index (κ1) is 8.99. The monoisotopic (exact) mass is 193 g/mol. The number of rotatable bonds is 2. The number of aliphatic carboxylic acids is 1. The fraction of sp³-hybridized carbons (Fsp3) is 0.400. The van der Waals surface area contributed by atoms with E-state index in [-0.39, 0.29) is 18.2 Å². The summed E-state index contributed by atoms with van der Waals surface area (Å²) in [5, 5.41) is 8.60. The zero-order valence-electron chi connectivity index (χ0n) is 7.64. The van der Waals surface area contributed by atoms with Gasteiger partial charge in [0.2, 0.25) is 0 Å². The Labute approximate surface area is 81.5 Å². The van der Waals surface area contributed by atoms with Crippen LogP contribution >= 0.6 is 0 Å². The SMILES string of the molecule is O=C(O)CN1C=C2C=CCC(=O)C2C1. The zero-order chi connectivity index (χ0) is 10.1. The van der Waals surface area contributed by atoms with Crippen LogP contribution in [-0.4, -0.2) is 34.8 Å². The molecular weight excluding hydrogens is 182 g/mol. The number of Topliss-reactive ketones (excluding diaryl/α,β-unsaturated/α-hetero) is 1. The predicted molar refractivity (Wildman–Crippen MR) is 49.5 cm³/mol. The van der Waals surface area contributed by atoms with Gasteiger partial charge in [0, 0.05) is 19.2 Å². The summed E-state index contributed by atoms with van der Waals surface area (Å²) in [6, 6.07) is 0. The number of hydrogen-bond donors (Lipinski definition) is 1. The van der Waals surface area contributed by atoms with E-state index >= 15 is 0 Å². The van der Waals surface area contributed by atoms with Gasteiger partial charge in [0.1, 0.15) is 12.3 Å². The molecule has 0 aromatic heterocycles. The van der Waals surface area contributed by atoms with Crippen molar-refractivity contribution in [2.45, 2.75) is 6.42 Å². The Morgan fingerprint density at radius 1 is 1.64 bits per heavy atom. The smallest absolute Gasteiger partial charge is 0.323 e. The van der Waals surface area contributed by atoms with Crippen LogP contribution in [0.5, 0.6) is 0 Å². The number of fused-ring (bicyclic) bond motifs is 1. The lowest BCUT2D eigenvalue weighted by molar-refractivity contribution is -0.138. The average Bonchev–Trinajstić information content (AvgIpc) is 2.47. The van der Waals surface area contributed by atoms with Crippen molar-refractivity contribution in [3.63, 3.8) is 0 Å². The van der Waals surface area contributed by atoms with Crippen molar-refractivity contribution in [1.82, 2.24) is 4.90 Å². The number of carbonyl (C=O) groups is 2. The van der Waals surface area contributed by atoms with Crippen molar-refractivity contribution in [3.05, 3.63) is 23.9 Å². The van der Waals surface area contributed by atoms with Crippen molar-refractivity contribution in [2.75, 3.05) is 13.1 Å². The highest BCUT2D eigenvalue weighted by atomic mass is 16.4. The molecule has 1 aliphatic heterocycles. The fourth-order valence-corrected chi connectivity index (χ4v) is 1.88. The maximum Gasteiger partial charge on any atom is 0.323 e. The van der Waals surface area contributed by atoms with Gasteiger partial charge in [-0.15, -0.1) is 0 Å². The molecule has 2 aliphatic rings. The molecule has 0 aromatic rings. The summed E-state index contributed by atoms with van der Waals surface area (Å²) in [4.78, 5) is 23.6. The first-order valence-corrected chi connectivity index (χ1v) is 4.53. The molecule has 0 radical (unpaired) electrons. The summed E-state index contributed by atoms with van der Waals surface area (Å²) in [5.74, 6) is -0.775. The third-order valence-electron chi connectivity index (χ3n) is 2.51. The van der Waals surface area contributed by atoms with E-state index in [2.05, 4.69) is 0 Å². The second-order valence-corrected chi connectivity index (χ2v) is 3.58. The minimum atomic E-state index is -0.864. The summed E-state index contributed by atoms with van der Waals surface area (Å²) in [6.07, 6.45) is 5.98. The summed E-state index contributed by atoms with van der Waals surface area (Å²) in [6.45, 7) is 0.492. The number of carbonyl (C=O) groups excluding carboxylic acids is 1. The maximum absolute atomic E-state index is 11.4. The summed E-state index contributed by atoms with van der Waals surface area (Å²) in [7, 11) is 0.